The maximum Gasteiger partial charge on any atom is 0.246 e. The topological polar surface area (TPSA) is 57.7 Å². The van der Waals surface area contributed by atoms with Gasteiger partial charge in [0.1, 0.15) is 0 Å². The normalized spacial score (nSPS) is 17.8. The summed E-state index contributed by atoms with van der Waals surface area (Å²) in [7, 11) is -3.14. The smallest absolute Gasteiger partial charge is 0.246 e. The van der Waals surface area contributed by atoms with Crippen LogP contribution in [-0.4, -0.2) is 55.5 Å². The standard InChI is InChI=1S/C13H18N2O3S2/c1-2-20(17,18)15-9-7-14(8-10-15)13(16)6-5-12-4-3-11-19-12/h3-6,11H,2,7-10H2,1H3/b6-5+. The fraction of sp³-hybridized carbons (Fsp3) is 0.462. The van der Waals surface area contributed by atoms with E-state index in [0.29, 0.717) is 26.2 Å². The molecule has 5 nitrogen and oxygen atoms in total. The van der Waals surface area contributed by atoms with Crippen LogP contribution in [0.25, 0.3) is 6.08 Å². The summed E-state index contributed by atoms with van der Waals surface area (Å²) in [6.07, 6.45) is 3.35. The first-order chi connectivity index (χ1) is 9.53. The van der Waals surface area contributed by atoms with Crippen molar-refractivity contribution in [3.63, 3.8) is 0 Å². The average molecular weight is 314 g/mol. The molecule has 7 heteroatoms. The lowest BCUT2D eigenvalue weighted by Gasteiger charge is -2.33. The van der Waals surface area contributed by atoms with Gasteiger partial charge >= 0.3 is 0 Å². The second-order valence-electron chi connectivity index (χ2n) is 4.47. The quantitative estimate of drug-likeness (QED) is 0.786. The van der Waals surface area contributed by atoms with Crippen molar-refractivity contribution in [2.45, 2.75) is 6.92 Å². The first-order valence-electron chi connectivity index (χ1n) is 6.51. The molecule has 1 aromatic rings. The lowest BCUT2D eigenvalue weighted by Crippen LogP contribution is -2.50. The van der Waals surface area contributed by atoms with E-state index in [0.717, 1.165) is 4.88 Å². The molecule has 0 radical (unpaired) electrons. The van der Waals surface area contributed by atoms with Gasteiger partial charge in [0, 0.05) is 37.1 Å². The Morgan fingerprint density at radius 1 is 1.35 bits per heavy atom. The molecule has 0 spiro atoms. The summed E-state index contributed by atoms with van der Waals surface area (Å²) in [5, 5.41) is 1.96. The third kappa shape index (κ3) is 3.68. The molecule has 1 amide bonds. The monoisotopic (exact) mass is 314 g/mol. The Morgan fingerprint density at radius 2 is 2.05 bits per heavy atom. The number of amides is 1. The van der Waals surface area contributed by atoms with Crippen molar-refractivity contribution < 1.29 is 13.2 Å². The highest BCUT2D eigenvalue weighted by atomic mass is 32.2. The molecule has 1 aliphatic rings. The average Bonchev–Trinajstić information content (AvgIpc) is 2.98. The zero-order chi connectivity index (χ0) is 14.6. The molecule has 1 fully saturated rings. The summed E-state index contributed by atoms with van der Waals surface area (Å²) in [6.45, 7) is 3.31. The molecule has 2 heterocycles. The van der Waals surface area contributed by atoms with Crippen LogP contribution in [0.3, 0.4) is 0 Å². The number of rotatable bonds is 4. The predicted molar refractivity (Wildman–Crippen MR) is 81.0 cm³/mol. The lowest BCUT2D eigenvalue weighted by molar-refractivity contribution is -0.127. The van der Waals surface area contributed by atoms with Crippen molar-refractivity contribution in [1.29, 1.82) is 0 Å². The zero-order valence-corrected chi connectivity index (χ0v) is 13.0. The second-order valence-corrected chi connectivity index (χ2v) is 7.71. The Balaban J connectivity index is 1.89. The number of carbonyl (C=O) groups is 1. The van der Waals surface area contributed by atoms with Gasteiger partial charge in [0.15, 0.2) is 0 Å². The molecule has 1 saturated heterocycles. The van der Waals surface area contributed by atoms with Gasteiger partial charge in [-0.2, -0.15) is 4.31 Å². The fourth-order valence-corrected chi connectivity index (χ4v) is 3.72. The SMILES string of the molecule is CCS(=O)(=O)N1CCN(C(=O)/C=C/c2cccs2)CC1. The van der Waals surface area contributed by atoms with Gasteiger partial charge in [-0.25, -0.2) is 8.42 Å². The molecule has 110 valence electrons. The molecule has 0 bridgehead atoms. The summed E-state index contributed by atoms with van der Waals surface area (Å²) in [5.41, 5.74) is 0. The summed E-state index contributed by atoms with van der Waals surface area (Å²) in [5.74, 6) is 0.0473. The minimum absolute atomic E-state index is 0.0630. The maximum atomic E-state index is 12.0. The van der Waals surface area contributed by atoms with Crippen LogP contribution in [0.4, 0.5) is 0 Å². The Labute approximate surface area is 123 Å². The molecule has 0 aliphatic carbocycles. The van der Waals surface area contributed by atoms with Crippen LogP contribution in [0.5, 0.6) is 0 Å². The van der Waals surface area contributed by atoms with Crippen molar-refractivity contribution in [3.8, 4) is 0 Å². The van der Waals surface area contributed by atoms with Crippen LogP contribution >= 0.6 is 11.3 Å². The maximum absolute atomic E-state index is 12.0. The molecule has 0 atom stereocenters. The molecule has 0 unspecified atom stereocenters. The number of hydrogen-bond donors (Lipinski definition) is 0. The van der Waals surface area contributed by atoms with Gasteiger partial charge < -0.3 is 4.90 Å². The summed E-state index contributed by atoms with van der Waals surface area (Å²) in [6, 6.07) is 3.88. The number of piperazine rings is 1. The van der Waals surface area contributed by atoms with Crippen LogP contribution in [-0.2, 0) is 14.8 Å². The summed E-state index contributed by atoms with van der Waals surface area (Å²) >= 11 is 1.57. The highest BCUT2D eigenvalue weighted by Crippen LogP contribution is 2.12. The molecule has 0 saturated carbocycles. The van der Waals surface area contributed by atoms with E-state index in [4.69, 9.17) is 0 Å². The van der Waals surface area contributed by atoms with E-state index in [2.05, 4.69) is 0 Å². The van der Waals surface area contributed by atoms with Crippen molar-refractivity contribution in [1.82, 2.24) is 9.21 Å². The molecule has 2 rings (SSSR count). The van der Waals surface area contributed by atoms with E-state index < -0.39 is 10.0 Å². The third-order valence-electron chi connectivity index (χ3n) is 3.24. The number of sulfonamides is 1. The van der Waals surface area contributed by atoms with Gasteiger partial charge in [0.25, 0.3) is 0 Å². The number of carbonyl (C=O) groups excluding carboxylic acids is 1. The molecule has 1 aromatic heterocycles. The van der Waals surface area contributed by atoms with Crippen molar-refractivity contribution in [2.24, 2.45) is 0 Å². The molecular formula is C13H18N2O3S2. The van der Waals surface area contributed by atoms with Gasteiger partial charge in [0.05, 0.1) is 5.75 Å². The van der Waals surface area contributed by atoms with Gasteiger partial charge in [-0.3, -0.25) is 4.79 Å². The molecular weight excluding hydrogens is 296 g/mol. The largest absolute Gasteiger partial charge is 0.337 e. The first-order valence-corrected chi connectivity index (χ1v) is 9.00. The van der Waals surface area contributed by atoms with Crippen LogP contribution < -0.4 is 0 Å². The summed E-state index contributed by atoms with van der Waals surface area (Å²) < 4.78 is 24.9. The van der Waals surface area contributed by atoms with Crippen molar-refractivity contribution in [2.75, 3.05) is 31.9 Å². The Hall–Kier alpha value is -1.18. The number of nitrogens with zero attached hydrogens (tertiary/aromatic N) is 2. The van der Waals surface area contributed by atoms with Gasteiger partial charge in [-0.1, -0.05) is 6.07 Å². The second kappa shape index (κ2) is 6.51. The van der Waals surface area contributed by atoms with Crippen molar-refractivity contribution >= 4 is 33.3 Å². The van der Waals surface area contributed by atoms with Crippen LogP contribution in [0.1, 0.15) is 11.8 Å². The number of thiophene rings is 1. The van der Waals surface area contributed by atoms with E-state index in [9.17, 15) is 13.2 Å². The molecule has 0 N–H and O–H groups in total. The van der Waals surface area contributed by atoms with E-state index >= 15 is 0 Å². The lowest BCUT2D eigenvalue weighted by atomic mass is 10.3. The number of hydrogen-bond acceptors (Lipinski definition) is 4. The highest BCUT2D eigenvalue weighted by molar-refractivity contribution is 7.89. The van der Waals surface area contributed by atoms with E-state index in [1.54, 1.807) is 35.3 Å². The highest BCUT2D eigenvalue weighted by Gasteiger charge is 2.26. The van der Waals surface area contributed by atoms with Crippen LogP contribution in [0.2, 0.25) is 0 Å². The molecule has 0 aromatic carbocycles. The Morgan fingerprint density at radius 3 is 2.60 bits per heavy atom. The van der Waals surface area contributed by atoms with Crippen molar-refractivity contribution in [3.05, 3.63) is 28.5 Å². The van der Waals surface area contributed by atoms with Gasteiger partial charge in [-0.05, 0) is 24.4 Å². The van der Waals surface area contributed by atoms with Crippen LogP contribution in [0, 0.1) is 0 Å². The summed E-state index contributed by atoms with van der Waals surface area (Å²) in [4.78, 5) is 14.7. The molecule has 20 heavy (non-hydrogen) atoms. The minimum Gasteiger partial charge on any atom is -0.337 e. The third-order valence-corrected chi connectivity index (χ3v) is 5.96. The van der Waals surface area contributed by atoms with E-state index in [1.807, 2.05) is 17.5 Å². The zero-order valence-electron chi connectivity index (χ0n) is 11.4. The van der Waals surface area contributed by atoms with E-state index in [1.165, 1.54) is 4.31 Å². The minimum atomic E-state index is -3.14. The van der Waals surface area contributed by atoms with Gasteiger partial charge in [0.2, 0.25) is 15.9 Å². The first kappa shape index (κ1) is 15.2. The van der Waals surface area contributed by atoms with Crippen LogP contribution in [0.15, 0.2) is 23.6 Å². The predicted octanol–water partition coefficient (Wildman–Crippen LogP) is 1.26. The Bertz CT molecular complexity index is 571. The molecule has 1 aliphatic heterocycles. The Kier molecular flexibility index (Phi) is 4.95. The van der Waals surface area contributed by atoms with Gasteiger partial charge in [-0.15, -0.1) is 11.3 Å². The van der Waals surface area contributed by atoms with E-state index in [-0.39, 0.29) is 11.7 Å². The fourth-order valence-electron chi connectivity index (χ4n) is 2.01.